The van der Waals surface area contributed by atoms with E-state index in [0.29, 0.717) is 5.69 Å². The van der Waals surface area contributed by atoms with Gasteiger partial charge in [-0.3, -0.25) is 0 Å². The molecule has 116 valence electrons. The maximum absolute atomic E-state index is 13.6. The fraction of sp³-hybridized carbons (Fsp3) is 0.0625. The number of halogens is 1. The normalized spacial score (nSPS) is 10.3. The average Bonchev–Trinajstić information content (AvgIpc) is 3.03. The third-order valence-corrected chi connectivity index (χ3v) is 3.01. The third-order valence-electron chi connectivity index (χ3n) is 3.01. The molecule has 0 fully saturated rings. The van der Waals surface area contributed by atoms with Crippen molar-refractivity contribution in [1.29, 1.82) is 0 Å². The molecular weight excluding hydrogens is 299 g/mol. The van der Waals surface area contributed by atoms with Gasteiger partial charge in [-0.1, -0.05) is 35.5 Å². The average molecular weight is 312 g/mol. The molecule has 0 bridgehead atoms. The Bertz CT molecular complexity index is 805. The van der Waals surface area contributed by atoms with E-state index in [9.17, 15) is 9.18 Å². The van der Waals surface area contributed by atoms with E-state index in [1.807, 2.05) is 18.2 Å². The summed E-state index contributed by atoms with van der Waals surface area (Å²) in [5.41, 5.74) is 0.916. The van der Waals surface area contributed by atoms with Crippen LogP contribution in [0.4, 0.5) is 14.9 Å². The summed E-state index contributed by atoms with van der Waals surface area (Å²) in [6.07, 6.45) is 0. The minimum absolute atomic E-state index is 0.0418. The lowest BCUT2D eigenvalue weighted by Gasteiger charge is -2.04. The zero-order chi connectivity index (χ0) is 16.1. The van der Waals surface area contributed by atoms with Crippen LogP contribution in [-0.4, -0.2) is 16.2 Å². The molecule has 3 aromatic rings. The number of nitrogens with one attached hydrogen (secondary N) is 2. The molecule has 2 N–H and O–H groups in total. The minimum atomic E-state index is -0.436. The molecule has 0 spiro atoms. The van der Waals surface area contributed by atoms with Crippen LogP contribution < -0.4 is 10.6 Å². The predicted octanol–water partition coefficient (Wildman–Crippen LogP) is 3.20. The standard InChI is InChI=1S/C16H13FN4O2/c17-13-9-5-4-8-12(13)15-20-14(23-21-15)10-18-16(22)19-11-6-2-1-3-7-11/h1-9H,10H2,(H2,18,19,22). The van der Waals surface area contributed by atoms with Crippen molar-refractivity contribution >= 4 is 11.7 Å². The van der Waals surface area contributed by atoms with Crippen molar-refractivity contribution in [3.63, 3.8) is 0 Å². The molecule has 0 saturated carbocycles. The predicted molar refractivity (Wildman–Crippen MR) is 82.0 cm³/mol. The van der Waals surface area contributed by atoms with Gasteiger partial charge in [0.05, 0.1) is 12.1 Å². The van der Waals surface area contributed by atoms with E-state index in [-0.39, 0.29) is 23.8 Å². The number of hydrogen-bond donors (Lipinski definition) is 2. The van der Waals surface area contributed by atoms with Crippen LogP contribution in [0.25, 0.3) is 11.4 Å². The van der Waals surface area contributed by atoms with Crippen molar-refractivity contribution in [2.45, 2.75) is 6.54 Å². The van der Waals surface area contributed by atoms with E-state index in [1.165, 1.54) is 6.07 Å². The summed E-state index contributed by atoms with van der Waals surface area (Å²) in [5, 5.41) is 8.96. The molecule has 23 heavy (non-hydrogen) atoms. The Labute approximate surface area is 131 Å². The van der Waals surface area contributed by atoms with Gasteiger partial charge in [-0.05, 0) is 24.3 Å². The second kappa shape index (κ2) is 6.69. The largest absolute Gasteiger partial charge is 0.337 e. The molecule has 0 aliphatic rings. The molecule has 6 nitrogen and oxygen atoms in total. The Kier molecular flexibility index (Phi) is 4.28. The molecule has 0 saturated heterocycles. The summed E-state index contributed by atoms with van der Waals surface area (Å²) in [6.45, 7) is 0.0418. The highest BCUT2D eigenvalue weighted by atomic mass is 19.1. The first-order valence-electron chi connectivity index (χ1n) is 6.90. The second-order valence-corrected chi connectivity index (χ2v) is 4.67. The summed E-state index contributed by atoms with van der Waals surface area (Å²) >= 11 is 0. The van der Waals surface area contributed by atoms with Gasteiger partial charge < -0.3 is 15.2 Å². The maximum Gasteiger partial charge on any atom is 0.319 e. The lowest BCUT2D eigenvalue weighted by molar-refractivity contribution is 0.249. The summed E-state index contributed by atoms with van der Waals surface area (Å²) < 4.78 is 18.6. The van der Waals surface area contributed by atoms with Gasteiger partial charge in [-0.25, -0.2) is 9.18 Å². The summed E-state index contributed by atoms with van der Waals surface area (Å²) in [5.74, 6) is -0.107. The van der Waals surface area contributed by atoms with Gasteiger partial charge in [0.1, 0.15) is 5.82 Å². The first-order valence-corrected chi connectivity index (χ1v) is 6.90. The molecule has 0 radical (unpaired) electrons. The van der Waals surface area contributed by atoms with Crippen LogP contribution in [0.5, 0.6) is 0 Å². The zero-order valence-electron chi connectivity index (χ0n) is 12.0. The van der Waals surface area contributed by atoms with Gasteiger partial charge in [-0.2, -0.15) is 4.98 Å². The monoisotopic (exact) mass is 312 g/mol. The summed E-state index contributed by atoms with van der Waals surface area (Å²) in [4.78, 5) is 15.8. The van der Waals surface area contributed by atoms with Crippen LogP contribution in [0.2, 0.25) is 0 Å². The molecule has 0 atom stereocenters. The van der Waals surface area contributed by atoms with Crippen molar-refractivity contribution in [2.75, 3.05) is 5.32 Å². The molecule has 0 aliphatic carbocycles. The number of hydrogen-bond acceptors (Lipinski definition) is 4. The molecule has 3 rings (SSSR count). The van der Waals surface area contributed by atoms with Gasteiger partial charge in [0.15, 0.2) is 0 Å². The summed E-state index contributed by atoms with van der Waals surface area (Å²) in [6, 6.07) is 14.7. The molecule has 0 aliphatic heterocycles. The van der Waals surface area contributed by atoms with Crippen LogP contribution in [-0.2, 0) is 6.54 Å². The van der Waals surface area contributed by atoms with Crippen LogP contribution in [0.1, 0.15) is 5.89 Å². The molecule has 0 unspecified atom stereocenters. The number of carbonyl (C=O) groups excluding carboxylic acids is 1. The molecule has 1 heterocycles. The van der Waals surface area contributed by atoms with Gasteiger partial charge in [0, 0.05) is 5.69 Å². The van der Waals surface area contributed by atoms with Crippen LogP contribution in [0.3, 0.4) is 0 Å². The number of anilines is 1. The number of aromatic nitrogens is 2. The third kappa shape index (κ3) is 3.70. The van der Waals surface area contributed by atoms with E-state index in [2.05, 4.69) is 20.8 Å². The number of para-hydroxylation sites is 1. The number of amides is 2. The van der Waals surface area contributed by atoms with Crippen LogP contribution >= 0.6 is 0 Å². The van der Waals surface area contributed by atoms with E-state index in [4.69, 9.17) is 4.52 Å². The highest BCUT2D eigenvalue weighted by Crippen LogP contribution is 2.19. The fourth-order valence-corrected chi connectivity index (χ4v) is 1.93. The number of carbonyl (C=O) groups is 1. The van der Waals surface area contributed by atoms with E-state index < -0.39 is 11.8 Å². The first-order chi connectivity index (χ1) is 11.2. The van der Waals surface area contributed by atoms with Gasteiger partial charge >= 0.3 is 6.03 Å². The number of nitrogens with zero attached hydrogens (tertiary/aromatic N) is 2. The molecular formula is C16H13FN4O2. The van der Waals surface area contributed by atoms with Gasteiger partial charge in [0.2, 0.25) is 11.7 Å². The van der Waals surface area contributed by atoms with Crippen molar-refractivity contribution < 1.29 is 13.7 Å². The van der Waals surface area contributed by atoms with Crippen molar-refractivity contribution in [2.24, 2.45) is 0 Å². The van der Waals surface area contributed by atoms with Crippen molar-refractivity contribution in [3.8, 4) is 11.4 Å². The fourth-order valence-electron chi connectivity index (χ4n) is 1.93. The topological polar surface area (TPSA) is 80.1 Å². The minimum Gasteiger partial charge on any atom is -0.337 e. The highest BCUT2D eigenvalue weighted by Gasteiger charge is 2.12. The molecule has 7 heteroatoms. The Morgan fingerprint density at radius 3 is 2.61 bits per heavy atom. The molecule has 2 amide bonds. The van der Waals surface area contributed by atoms with E-state index in [0.717, 1.165) is 0 Å². The Morgan fingerprint density at radius 1 is 1.09 bits per heavy atom. The van der Waals surface area contributed by atoms with Gasteiger partial charge in [0.25, 0.3) is 0 Å². The zero-order valence-corrected chi connectivity index (χ0v) is 12.0. The SMILES string of the molecule is O=C(NCc1nc(-c2ccccc2F)no1)Nc1ccccc1. The lowest BCUT2D eigenvalue weighted by Crippen LogP contribution is -2.28. The quantitative estimate of drug-likeness (QED) is 0.775. The van der Waals surface area contributed by atoms with Crippen LogP contribution in [0.15, 0.2) is 59.1 Å². The summed E-state index contributed by atoms with van der Waals surface area (Å²) in [7, 11) is 0. The molecule has 1 aromatic heterocycles. The first kappa shape index (κ1) is 14.7. The Morgan fingerprint density at radius 2 is 1.83 bits per heavy atom. The Hall–Kier alpha value is -3.22. The highest BCUT2D eigenvalue weighted by molar-refractivity contribution is 5.89. The number of rotatable bonds is 4. The van der Waals surface area contributed by atoms with Crippen molar-refractivity contribution in [1.82, 2.24) is 15.5 Å². The molecule has 2 aromatic carbocycles. The van der Waals surface area contributed by atoms with Crippen LogP contribution in [0, 0.1) is 5.82 Å². The van der Waals surface area contributed by atoms with E-state index in [1.54, 1.807) is 30.3 Å². The van der Waals surface area contributed by atoms with Gasteiger partial charge in [-0.15, -0.1) is 0 Å². The van der Waals surface area contributed by atoms with Crippen molar-refractivity contribution in [3.05, 3.63) is 66.3 Å². The number of benzene rings is 2. The maximum atomic E-state index is 13.6. The smallest absolute Gasteiger partial charge is 0.319 e. The Balaban J connectivity index is 1.59. The second-order valence-electron chi connectivity index (χ2n) is 4.67. The number of urea groups is 1. The lowest BCUT2D eigenvalue weighted by atomic mass is 10.2. The van der Waals surface area contributed by atoms with E-state index >= 15 is 0 Å².